The molecule has 31 heavy (non-hydrogen) atoms. The number of hydrogen-bond donors (Lipinski definition) is 0. The zero-order chi connectivity index (χ0) is 21.3. The monoisotopic (exact) mass is 421 g/mol. The van der Waals surface area contributed by atoms with Crippen LogP contribution in [0.25, 0.3) is 0 Å². The molecule has 2 amide bonds. The van der Waals surface area contributed by atoms with E-state index in [1.54, 1.807) is 17.3 Å². The molecule has 3 heterocycles. The van der Waals surface area contributed by atoms with Crippen LogP contribution >= 0.6 is 0 Å². The number of likely N-dealkylation sites (tertiary alicyclic amines) is 1. The molecular formula is C24H27N3O4. The Morgan fingerprint density at radius 3 is 2.52 bits per heavy atom. The van der Waals surface area contributed by atoms with Crippen molar-refractivity contribution in [2.24, 2.45) is 0 Å². The molecule has 0 bridgehead atoms. The molecule has 2 saturated heterocycles. The number of benzene rings is 1. The Kier molecular flexibility index (Phi) is 5.36. The van der Waals surface area contributed by atoms with E-state index in [1.165, 1.54) is 0 Å². The van der Waals surface area contributed by atoms with Gasteiger partial charge in [-0.05, 0) is 30.5 Å². The molecule has 2 atom stereocenters. The smallest absolute Gasteiger partial charge is 0.245 e. The molecule has 162 valence electrons. The number of rotatable bonds is 5. The predicted molar refractivity (Wildman–Crippen MR) is 114 cm³/mol. The van der Waals surface area contributed by atoms with Crippen LogP contribution in [-0.4, -0.2) is 71.6 Å². The summed E-state index contributed by atoms with van der Waals surface area (Å²) in [4.78, 5) is 34.9. The molecule has 7 nitrogen and oxygen atoms in total. The normalized spacial score (nSPS) is 24.6. The summed E-state index contributed by atoms with van der Waals surface area (Å²) in [5, 5.41) is 0. The highest BCUT2D eigenvalue weighted by Gasteiger charge is 2.56. The number of morpholine rings is 1. The lowest BCUT2D eigenvalue weighted by Crippen LogP contribution is -2.52. The van der Waals surface area contributed by atoms with Crippen LogP contribution in [0.3, 0.4) is 0 Å². The lowest BCUT2D eigenvalue weighted by Gasteiger charge is -2.33. The highest BCUT2D eigenvalue weighted by molar-refractivity contribution is 5.95. The van der Waals surface area contributed by atoms with E-state index in [0.717, 1.165) is 18.4 Å². The van der Waals surface area contributed by atoms with Gasteiger partial charge in [0.25, 0.3) is 0 Å². The van der Waals surface area contributed by atoms with Gasteiger partial charge < -0.3 is 19.3 Å². The summed E-state index contributed by atoms with van der Waals surface area (Å²) in [5.74, 6) is 0.698. The van der Waals surface area contributed by atoms with Crippen molar-refractivity contribution in [2.75, 3.05) is 32.8 Å². The lowest BCUT2D eigenvalue weighted by atomic mass is 9.94. The van der Waals surface area contributed by atoms with Crippen molar-refractivity contribution < 1.29 is 19.1 Å². The van der Waals surface area contributed by atoms with Gasteiger partial charge in [0.2, 0.25) is 11.8 Å². The molecule has 1 aliphatic carbocycles. The third-order valence-electron chi connectivity index (χ3n) is 6.55. The second-order valence-corrected chi connectivity index (χ2v) is 8.52. The number of carbonyl (C=O) groups excluding carboxylic acids is 2. The van der Waals surface area contributed by atoms with E-state index in [1.807, 2.05) is 47.4 Å². The molecule has 0 unspecified atom stereocenters. The fraction of sp³-hybridized carbons (Fsp3) is 0.458. The molecule has 3 fully saturated rings. The number of aromatic nitrogens is 1. The molecule has 0 spiro atoms. The number of ether oxygens (including phenoxy) is 2. The average molecular weight is 421 g/mol. The summed E-state index contributed by atoms with van der Waals surface area (Å²) in [6.07, 6.45) is 5.24. The molecule has 2 aliphatic heterocycles. The highest BCUT2D eigenvalue weighted by atomic mass is 16.5. The third-order valence-corrected chi connectivity index (χ3v) is 6.55. The van der Waals surface area contributed by atoms with Crippen molar-refractivity contribution in [3.05, 3.63) is 60.4 Å². The van der Waals surface area contributed by atoms with Crippen LogP contribution in [0.4, 0.5) is 0 Å². The zero-order valence-electron chi connectivity index (χ0n) is 17.5. The van der Waals surface area contributed by atoms with Crippen LogP contribution in [0.1, 0.15) is 24.8 Å². The molecule has 5 rings (SSSR count). The maximum Gasteiger partial charge on any atom is 0.245 e. The first-order chi connectivity index (χ1) is 15.2. The van der Waals surface area contributed by atoms with Crippen molar-refractivity contribution in [3.63, 3.8) is 0 Å². The molecular weight excluding hydrogens is 394 g/mol. The van der Waals surface area contributed by atoms with Crippen molar-refractivity contribution in [2.45, 2.75) is 36.8 Å². The van der Waals surface area contributed by atoms with E-state index in [-0.39, 0.29) is 17.9 Å². The Balaban J connectivity index is 1.39. The maximum absolute atomic E-state index is 13.8. The quantitative estimate of drug-likeness (QED) is 0.739. The average Bonchev–Trinajstić information content (AvgIpc) is 3.54. The fourth-order valence-electron chi connectivity index (χ4n) is 4.73. The summed E-state index contributed by atoms with van der Waals surface area (Å²) in [6.45, 7) is 2.61. The second kappa shape index (κ2) is 8.30. The Labute approximate surface area is 182 Å². The molecule has 1 saturated carbocycles. The van der Waals surface area contributed by atoms with Gasteiger partial charge in [-0.25, -0.2) is 0 Å². The summed E-state index contributed by atoms with van der Waals surface area (Å²) in [5.41, 5.74) is 0.530. The van der Waals surface area contributed by atoms with Crippen LogP contribution in [0.5, 0.6) is 5.75 Å². The van der Waals surface area contributed by atoms with Gasteiger partial charge in [0, 0.05) is 25.7 Å². The van der Waals surface area contributed by atoms with Gasteiger partial charge in [0.05, 0.1) is 31.4 Å². The lowest BCUT2D eigenvalue weighted by molar-refractivity contribution is -0.147. The van der Waals surface area contributed by atoms with E-state index in [0.29, 0.717) is 45.0 Å². The van der Waals surface area contributed by atoms with Crippen LogP contribution < -0.4 is 4.74 Å². The molecule has 1 aromatic heterocycles. The topological polar surface area (TPSA) is 72.0 Å². The zero-order valence-corrected chi connectivity index (χ0v) is 17.5. The van der Waals surface area contributed by atoms with Crippen LogP contribution in [0.15, 0.2) is 54.9 Å². The Morgan fingerprint density at radius 2 is 1.84 bits per heavy atom. The van der Waals surface area contributed by atoms with Crippen molar-refractivity contribution >= 4 is 11.8 Å². The number of hydrogen-bond acceptors (Lipinski definition) is 5. The minimum absolute atomic E-state index is 0.00204. The molecule has 2 aromatic rings. The molecule has 7 heteroatoms. The Bertz CT molecular complexity index is 926. The number of carbonyl (C=O) groups is 2. The SMILES string of the molecule is O=C([C@@H]1C[C@H](Oc2cccnc2)CN1C(=O)C1(c2ccccc2)CC1)N1CCOCC1. The van der Waals surface area contributed by atoms with Gasteiger partial charge in [-0.2, -0.15) is 0 Å². The number of pyridine rings is 1. The Morgan fingerprint density at radius 1 is 1.06 bits per heavy atom. The van der Waals surface area contributed by atoms with Gasteiger partial charge >= 0.3 is 0 Å². The van der Waals surface area contributed by atoms with E-state index in [9.17, 15) is 9.59 Å². The van der Waals surface area contributed by atoms with Crippen molar-refractivity contribution in [1.29, 1.82) is 0 Å². The summed E-state index contributed by atoms with van der Waals surface area (Å²) in [7, 11) is 0. The van der Waals surface area contributed by atoms with E-state index >= 15 is 0 Å². The maximum atomic E-state index is 13.8. The first-order valence-corrected chi connectivity index (χ1v) is 11.0. The molecule has 3 aliphatic rings. The van der Waals surface area contributed by atoms with Gasteiger partial charge in [0.15, 0.2) is 0 Å². The number of nitrogens with zero attached hydrogens (tertiary/aromatic N) is 3. The fourth-order valence-corrected chi connectivity index (χ4v) is 4.73. The summed E-state index contributed by atoms with van der Waals surface area (Å²) >= 11 is 0. The second-order valence-electron chi connectivity index (χ2n) is 8.52. The van der Waals surface area contributed by atoms with Crippen LogP contribution in [0.2, 0.25) is 0 Å². The minimum atomic E-state index is -0.506. The van der Waals surface area contributed by atoms with E-state index in [2.05, 4.69) is 4.98 Å². The predicted octanol–water partition coefficient (Wildman–Crippen LogP) is 2.02. The first kappa shape index (κ1) is 20.0. The van der Waals surface area contributed by atoms with E-state index in [4.69, 9.17) is 9.47 Å². The molecule has 0 N–H and O–H groups in total. The number of amides is 2. The van der Waals surface area contributed by atoms with E-state index < -0.39 is 11.5 Å². The van der Waals surface area contributed by atoms with Crippen LogP contribution in [0, 0.1) is 0 Å². The Hall–Kier alpha value is -2.93. The minimum Gasteiger partial charge on any atom is -0.487 e. The van der Waals surface area contributed by atoms with Crippen molar-refractivity contribution in [3.8, 4) is 5.75 Å². The summed E-state index contributed by atoms with van der Waals surface area (Å²) in [6, 6.07) is 13.1. The van der Waals surface area contributed by atoms with Gasteiger partial charge in [-0.1, -0.05) is 30.3 Å². The molecule has 1 aromatic carbocycles. The highest BCUT2D eigenvalue weighted by Crippen LogP contribution is 2.50. The first-order valence-electron chi connectivity index (χ1n) is 11.0. The van der Waals surface area contributed by atoms with Gasteiger partial charge in [-0.3, -0.25) is 14.6 Å². The largest absolute Gasteiger partial charge is 0.487 e. The van der Waals surface area contributed by atoms with Crippen LogP contribution in [-0.2, 0) is 19.7 Å². The third kappa shape index (κ3) is 3.90. The van der Waals surface area contributed by atoms with Gasteiger partial charge in [0.1, 0.15) is 17.9 Å². The standard InChI is InChI=1S/C24H27N3O4/c28-22(26-11-13-30-14-12-26)21-15-20(31-19-7-4-10-25-16-19)17-27(21)23(29)24(8-9-24)18-5-2-1-3-6-18/h1-7,10,16,20-21H,8-9,11-15,17H2/t20-,21-/m0/s1. The summed E-state index contributed by atoms with van der Waals surface area (Å²) < 4.78 is 11.5. The van der Waals surface area contributed by atoms with Gasteiger partial charge in [-0.15, -0.1) is 0 Å². The molecule has 0 radical (unpaired) electrons. The van der Waals surface area contributed by atoms with Crippen molar-refractivity contribution in [1.82, 2.24) is 14.8 Å².